The van der Waals surface area contributed by atoms with Gasteiger partial charge in [-0.1, -0.05) is 0 Å². The van der Waals surface area contributed by atoms with Crippen molar-refractivity contribution < 1.29 is 9.53 Å². The Labute approximate surface area is 160 Å². The monoisotopic (exact) mass is 372 g/mol. The van der Waals surface area contributed by atoms with Gasteiger partial charge in [-0.3, -0.25) is 9.48 Å². The van der Waals surface area contributed by atoms with E-state index < -0.39 is 0 Å². The van der Waals surface area contributed by atoms with E-state index in [1.807, 2.05) is 37.5 Å². The highest BCUT2D eigenvalue weighted by Crippen LogP contribution is 2.24. The molecule has 0 spiro atoms. The van der Waals surface area contributed by atoms with Crippen LogP contribution in [0.25, 0.3) is 16.6 Å². The number of ether oxygens (including phenoxy) is 1. The second kappa shape index (κ2) is 6.89. The average Bonchev–Trinajstić information content (AvgIpc) is 3.32. The number of carbonyl (C=O) groups excluding carboxylic acids is 1. The van der Waals surface area contributed by atoms with E-state index in [4.69, 9.17) is 10.00 Å². The van der Waals surface area contributed by atoms with E-state index in [2.05, 4.69) is 15.5 Å². The molecule has 0 aliphatic rings. The summed E-state index contributed by atoms with van der Waals surface area (Å²) in [6, 6.07) is 12.3. The summed E-state index contributed by atoms with van der Waals surface area (Å²) in [6.45, 7) is 0. The average molecular weight is 372 g/mol. The minimum Gasteiger partial charge on any atom is -0.496 e. The molecule has 4 rings (SSSR count). The quantitative estimate of drug-likeness (QED) is 0.594. The van der Waals surface area contributed by atoms with Crippen LogP contribution in [0.15, 0.2) is 55.0 Å². The van der Waals surface area contributed by atoms with Gasteiger partial charge in [0, 0.05) is 18.1 Å². The number of anilines is 1. The molecule has 2 heterocycles. The molecule has 0 fully saturated rings. The fraction of sp³-hybridized carbons (Fsp3) is 0.100. The van der Waals surface area contributed by atoms with Gasteiger partial charge in [-0.2, -0.15) is 15.5 Å². The first kappa shape index (κ1) is 17.3. The van der Waals surface area contributed by atoms with E-state index in [9.17, 15) is 4.79 Å². The van der Waals surface area contributed by atoms with Gasteiger partial charge in [-0.25, -0.2) is 4.68 Å². The molecule has 0 saturated heterocycles. The van der Waals surface area contributed by atoms with Crippen molar-refractivity contribution in [1.82, 2.24) is 19.6 Å². The van der Waals surface area contributed by atoms with E-state index in [1.165, 1.54) is 13.2 Å². The summed E-state index contributed by atoms with van der Waals surface area (Å²) in [4.78, 5) is 12.7. The molecule has 0 aliphatic carbocycles. The lowest BCUT2D eigenvalue weighted by Gasteiger charge is -2.10. The van der Waals surface area contributed by atoms with Gasteiger partial charge in [-0.05, 0) is 36.4 Å². The summed E-state index contributed by atoms with van der Waals surface area (Å²) in [6.07, 6.45) is 5.34. The molecule has 8 nitrogen and oxygen atoms in total. The van der Waals surface area contributed by atoms with Gasteiger partial charge in [0.2, 0.25) is 0 Å². The van der Waals surface area contributed by atoms with Crippen molar-refractivity contribution in [2.24, 2.45) is 7.05 Å². The minimum atomic E-state index is -0.326. The van der Waals surface area contributed by atoms with Gasteiger partial charge in [0.25, 0.3) is 5.91 Å². The van der Waals surface area contributed by atoms with Crippen LogP contribution >= 0.6 is 0 Å². The summed E-state index contributed by atoms with van der Waals surface area (Å²) in [7, 11) is 3.30. The van der Waals surface area contributed by atoms with E-state index in [1.54, 1.807) is 33.9 Å². The molecule has 8 heteroatoms. The predicted molar refractivity (Wildman–Crippen MR) is 103 cm³/mol. The molecule has 138 valence electrons. The number of carbonyl (C=O) groups is 1. The van der Waals surface area contributed by atoms with Gasteiger partial charge in [0.15, 0.2) is 0 Å². The molecule has 1 N–H and O–H groups in total. The summed E-state index contributed by atoms with van der Waals surface area (Å²) >= 11 is 0. The van der Waals surface area contributed by atoms with Crippen LogP contribution in [0.5, 0.6) is 5.75 Å². The van der Waals surface area contributed by atoms with Crippen molar-refractivity contribution in [3.8, 4) is 17.5 Å². The third-order valence-electron chi connectivity index (χ3n) is 4.34. The van der Waals surface area contributed by atoms with Crippen LogP contribution < -0.4 is 10.1 Å². The van der Waals surface area contributed by atoms with Gasteiger partial charge >= 0.3 is 0 Å². The van der Waals surface area contributed by atoms with E-state index >= 15 is 0 Å². The first-order chi connectivity index (χ1) is 13.6. The fourth-order valence-corrected chi connectivity index (χ4v) is 2.97. The van der Waals surface area contributed by atoms with E-state index in [0.717, 1.165) is 16.6 Å². The summed E-state index contributed by atoms with van der Waals surface area (Å²) < 4.78 is 8.71. The molecule has 1 amide bonds. The maximum absolute atomic E-state index is 12.7. The molecule has 0 saturated carbocycles. The van der Waals surface area contributed by atoms with Gasteiger partial charge in [0.1, 0.15) is 11.4 Å². The van der Waals surface area contributed by atoms with E-state index in [0.29, 0.717) is 22.6 Å². The van der Waals surface area contributed by atoms with Crippen LogP contribution in [0.1, 0.15) is 15.9 Å². The Morgan fingerprint density at radius 3 is 2.75 bits per heavy atom. The molecule has 0 atom stereocenters. The molecular weight excluding hydrogens is 356 g/mol. The first-order valence-corrected chi connectivity index (χ1v) is 8.45. The number of aromatic nitrogens is 4. The fourth-order valence-electron chi connectivity index (χ4n) is 2.97. The van der Waals surface area contributed by atoms with Crippen molar-refractivity contribution in [2.45, 2.75) is 0 Å². The zero-order valence-corrected chi connectivity index (χ0v) is 15.2. The second-order valence-corrected chi connectivity index (χ2v) is 6.18. The number of nitrogens with one attached hydrogen (secondary N) is 1. The van der Waals surface area contributed by atoms with Crippen molar-refractivity contribution in [3.05, 3.63) is 66.1 Å². The predicted octanol–water partition coefficient (Wildman–Crippen LogP) is 2.89. The lowest BCUT2D eigenvalue weighted by molar-refractivity contribution is 0.102. The Hall–Kier alpha value is -4.12. The van der Waals surface area contributed by atoms with Crippen LogP contribution in [-0.2, 0) is 7.05 Å². The lowest BCUT2D eigenvalue weighted by Crippen LogP contribution is -2.13. The number of rotatable bonds is 4. The maximum atomic E-state index is 12.7. The number of methoxy groups -OCH3 is 1. The van der Waals surface area contributed by atoms with Crippen LogP contribution in [0, 0.1) is 11.3 Å². The third kappa shape index (κ3) is 3.05. The molecule has 2 aromatic carbocycles. The number of amides is 1. The normalized spacial score (nSPS) is 10.6. The third-order valence-corrected chi connectivity index (χ3v) is 4.34. The van der Waals surface area contributed by atoms with Gasteiger partial charge < -0.3 is 10.1 Å². The summed E-state index contributed by atoms with van der Waals surface area (Å²) in [5, 5.41) is 21.4. The topological polar surface area (TPSA) is 97.8 Å². The number of benzene rings is 2. The molecule has 0 unspecified atom stereocenters. The Bertz CT molecular complexity index is 1230. The number of nitriles is 1. The molecule has 2 aromatic heterocycles. The minimum absolute atomic E-state index is 0.326. The summed E-state index contributed by atoms with van der Waals surface area (Å²) in [5.41, 5.74) is 3.07. The Balaban J connectivity index is 1.67. The van der Waals surface area contributed by atoms with Crippen molar-refractivity contribution in [2.75, 3.05) is 12.4 Å². The largest absolute Gasteiger partial charge is 0.496 e. The summed E-state index contributed by atoms with van der Waals surface area (Å²) in [5.74, 6) is 0.0196. The number of hydrogen-bond donors (Lipinski definition) is 1. The van der Waals surface area contributed by atoms with Crippen molar-refractivity contribution in [3.63, 3.8) is 0 Å². The highest BCUT2D eigenvalue weighted by molar-refractivity contribution is 6.07. The molecule has 0 aliphatic heterocycles. The number of aryl methyl sites for hydroxylation is 1. The highest BCUT2D eigenvalue weighted by atomic mass is 16.5. The van der Waals surface area contributed by atoms with Gasteiger partial charge in [-0.15, -0.1) is 0 Å². The maximum Gasteiger partial charge on any atom is 0.259 e. The Morgan fingerprint density at radius 2 is 2.04 bits per heavy atom. The Morgan fingerprint density at radius 1 is 1.18 bits per heavy atom. The number of nitrogens with zero attached hydrogens (tertiary/aromatic N) is 5. The number of hydrogen-bond acceptors (Lipinski definition) is 5. The Kier molecular flexibility index (Phi) is 4.26. The van der Waals surface area contributed by atoms with Crippen LogP contribution in [0.4, 0.5) is 5.69 Å². The molecular formula is C20H16N6O2. The second-order valence-electron chi connectivity index (χ2n) is 6.18. The standard InChI is InChI=1S/C20H16N6O2/c1-25-12-16(11-22-25)26-18-8-15(5-4-14(18)10-23-26)24-20(27)17-6-3-13(9-21)7-19(17)28-2/h3-8,10-12H,1-2H3,(H,24,27). The van der Waals surface area contributed by atoms with Crippen LogP contribution in [0.2, 0.25) is 0 Å². The van der Waals surface area contributed by atoms with Crippen LogP contribution in [0.3, 0.4) is 0 Å². The number of fused-ring (bicyclic) bond motifs is 1. The molecule has 0 bridgehead atoms. The lowest BCUT2D eigenvalue weighted by atomic mass is 10.1. The SMILES string of the molecule is COc1cc(C#N)ccc1C(=O)Nc1ccc2cnn(-c3cnn(C)c3)c2c1. The van der Waals surface area contributed by atoms with Gasteiger partial charge in [0.05, 0.1) is 48.4 Å². The first-order valence-electron chi connectivity index (χ1n) is 8.45. The molecule has 0 radical (unpaired) electrons. The zero-order valence-electron chi connectivity index (χ0n) is 15.2. The van der Waals surface area contributed by atoms with Crippen molar-refractivity contribution >= 4 is 22.5 Å². The zero-order chi connectivity index (χ0) is 19.7. The smallest absolute Gasteiger partial charge is 0.259 e. The van der Waals surface area contributed by atoms with E-state index in [-0.39, 0.29) is 5.91 Å². The molecule has 28 heavy (non-hydrogen) atoms. The van der Waals surface area contributed by atoms with Crippen molar-refractivity contribution in [1.29, 1.82) is 5.26 Å². The highest BCUT2D eigenvalue weighted by Gasteiger charge is 2.14. The molecule has 4 aromatic rings. The van der Waals surface area contributed by atoms with Crippen LogP contribution in [-0.4, -0.2) is 32.6 Å².